The smallest absolute Gasteiger partial charge is 0.171 e. The Morgan fingerprint density at radius 1 is 1.54 bits per heavy atom. The molecule has 1 rings (SSSR count). The van der Waals surface area contributed by atoms with Crippen LogP contribution in [-0.2, 0) is 6.61 Å². The first-order valence-electron chi connectivity index (χ1n) is 3.56. The lowest BCUT2D eigenvalue weighted by Gasteiger charge is -2.03. The number of nitrogens with two attached hydrogens (primary N) is 1. The van der Waals surface area contributed by atoms with Crippen molar-refractivity contribution in [2.45, 2.75) is 6.61 Å². The fourth-order valence-corrected chi connectivity index (χ4v) is 1.55. The highest BCUT2D eigenvalue weighted by molar-refractivity contribution is 9.10. The molecule has 0 heterocycles. The molecule has 0 aromatic heterocycles. The maximum atomic E-state index is 8.82. The molecule has 0 fully saturated rings. The van der Waals surface area contributed by atoms with E-state index in [2.05, 4.69) is 21.1 Å². The van der Waals surface area contributed by atoms with Gasteiger partial charge in [0.25, 0.3) is 0 Å². The molecule has 0 unspecified atom stereocenters. The highest BCUT2D eigenvalue weighted by Crippen LogP contribution is 2.18. The van der Waals surface area contributed by atoms with Gasteiger partial charge in [0.15, 0.2) is 5.84 Å². The van der Waals surface area contributed by atoms with E-state index in [1.165, 1.54) is 0 Å². The molecule has 13 heavy (non-hydrogen) atoms. The Bertz CT molecular complexity index is 339. The van der Waals surface area contributed by atoms with Crippen LogP contribution in [0.3, 0.4) is 0 Å². The summed E-state index contributed by atoms with van der Waals surface area (Å²) >= 11 is 3.25. The first-order valence-corrected chi connectivity index (χ1v) is 4.35. The first kappa shape index (κ1) is 10.0. The molecule has 1 aromatic rings. The van der Waals surface area contributed by atoms with E-state index in [0.717, 1.165) is 5.56 Å². The summed E-state index contributed by atoms with van der Waals surface area (Å²) in [5.74, 6) is 0.0383. The minimum absolute atomic E-state index is 0.0327. The summed E-state index contributed by atoms with van der Waals surface area (Å²) in [6.07, 6.45) is 0. The Morgan fingerprint density at radius 3 is 2.69 bits per heavy atom. The van der Waals surface area contributed by atoms with Crippen LogP contribution in [0.2, 0.25) is 0 Å². The summed E-state index contributed by atoms with van der Waals surface area (Å²) in [4.78, 5) is 0. The van der Waals surface area contributed by atoms with Crippen LogP contribution in [0.1, 0.15) is 11.1 Å². The van der Waals surface area contributed by atoms with Gasteiger partial charge in [-0.25, -0.2) is 0 Å². The van der Waals surface area contributed by atoms with E-state index in [9.17, 15) is 0 Å². The molecule has 0 radical (unpaired) electrons. The van der Waals surface area contributed by atoms with Crippen LogP contribution in [0.25, 0.3) is 0 Å². The third-order valence-corrected chi connectivity index (χ3v) is 2.26. The number of hydrogen-bond donors (Lipinski definition) is 3. The number of nitrogens with zero attached hydrogens (tertiary/aromatic N) is 1. The van der Waals surface area contributed by atoms with Crippen molar-refractivity contribution in [1.29, 1.82) is 0 Å². The van der Waals surface area contributed by atoms with Gasteiger partial charge in [-0.3, -0.25) is 0 Å². The topological polar surface area (TPSA) is 78.8 Å². The summed E-state index contributed by atoms with van der Waals surface area (Å²) in [5.41, 5.74) is 6.76. The van der Waals surface area contributed by atoms with Crippen molar-refractivity contribution < 1.29 is 10.3 Å². The van der Waals surface area contributed by atoms with Gasteiger partial charge in [-0.1, -0.05) is 27.2 Å². The molecule has 4 nitrogen and oxygen atoms in total. The number of hydrogen-bond acceptors (Lipinski definition) is 3. The Hall–Kier alpha value is -1.07. The van der Waals surface area contributed by atoms with Crippen molar-refractivity contribution in [3.63, 3.8) is 0 Å². The molecular formula is C8H9BrN2O2. The standard InChI is InChI=1S/C8H9BrN2O2/c9-7-3-5(4-12)1-2-6(7)8(10)11-13/h1-3,12-13H,4H2,(H2,10,11). The van der Waals surface area contributed by atoms with Crippen LogP contribution in [-0.4, -0.2) is 16.1 Å². The quantitative estimate of drug-likeness (QED) is 0.315. The lowest BCUT2D eigenvalue weighted by atomic mass is 10.1. The number of benzene rings is 1. The summed E-state index contributed by atoms with van der Waals surface area (Å²) < 4.78 is 0.689. The first-order chi connectivity index (χ1) is 6.19. The Kier molecular flexibility index (Phi) is 3.27. The predicted octanol–water partition coefficient (Wildman–Crippen LogP) is 1.04. The zero-order chi connectivity index (χ0) is 9.84. The van der Waals surface area contributed by atoms with E-state index >= 15 is 0 Å². The van der Waals surface area contributed by atoms with E-state index in [0.29, 0.717) is 10.0 Å². The van der Waals surface area contributed by atoms with Crippen molar-refractivity contribution in [2.75, 3.05) is 0 Å². The van der Waals surface area contributed by atoms with E-state index in [-0.39, 0.29) is 12.4 Å². The fourth-order valence-electron chi connectivity index (χ4n) is 0.919. The Morgan fingerprint density at radius 2 is 2.23 bits per heavy atom. The van der Waals surface area contributed by atoms with Crippen LogP contribution in [0.5, 0.6) is 0 Å². The molecule has 0 saturated heterocycles. The lowest BCUT2D eigenvalue weighted by Crippen LogP contribution is -2.13. The summed E-state index contributed by atoms with van der Waals surface area (Å²) in [7, 11) is 0. The minimum Gasteiger partial charge on any atom is -0.409 e. The molecule has 0 bridgehead atoms. The molecule has 0 aliphatic rings. The van der Waals surface area contributed by atoms with E-state index in [1.807, 2.05) is 0 Å². The maximum Gasteiger partial charge on any atom is 0.171 e. The minimum atomic E-state index is -0.0327. The molecule has 1 aromatic carbocycles. The lowest BCUT2D eigenvalue weighted by molar-refractivity contribution is 0.282. The number of aliphatic hydroxyl groups excluding tert-OH is 1. The van der Waals surface area contributed by atoms with Crippen molar-refractivity contribution in [1.82, 2.24) is 0 Å². The molecular weight excluding hydrogens is 236 g/mol. The number of amidine groups is 1. The van der Waals surface area contributed by atoms with E-state index in [1.54, 1.807) is 18.2 Å². The highest BCUT2D eigenvalue weighted by Gasteiger charge is 2.04. The monoisotopic (exact) mass is 244 g/mol. The Labute approximate surface area is 83.8 Å². The van der Waals surface area contributed by atoms with E-state index in [4.69, 9.17) is 16.0 Å². The van der Waals surface area contributed by atoms with Crippen LogP contribution < -0.4 is 5.73 Å². The molecule has 0 saturated carbocycles. The van der Waals surface area contributed by atoms with Gasteiger partial charge in [0.05, 0.1) is 6.61 Å². The molecule has 4 N–H and O–H groups in total. The molecule has 0 spiro atoms. The molecule has 0 aliphatic carbocycles. The normalized spacial score (nSPS) is 11.7. The second kappa shape index (κ2) is 4.25. The van der Waals surface area contributed by atoms with E-state index < -0.39 is 0 Å². The number of halogens is 1. The predicted molar refractivity (Wildman–Crippen MR) is 52.6 cm³/mol. The highest BCUT2D eigenvalue weighted by atomic mass is 79.9. The Balaban J connectivity index is 3.12. The number of oxime groups is 1. The van der Waals surface area contributed by atoms with Crippen LogP contribution in [0, 0.1) is 0 Å². The zero-order valence-corrected chi connectivity index (χ0v) is 8.32. The van der Waals surface area contributed by atoms with Crippen molar-refractivity contribution >= 4 is 21.8 Å². The van der Waals surface area contributed by atoms with Gasteiger partial charge in [0.1, 0.15) is 0 Å². The van der Waals surface area contributed by atoms with Gasteiger partial charge < -0.3 is 16.0 Å². The molecule has 0 amide bonds. The summed E-state index contributed by atoms with van der Waals surface area (Å²) in [6.45, 7) is -0.0327. The summed E-state index contributed by atoms with van der Waals surface area (Å²) in [5, 5.41) is 20.1. The van der Waals surface area contributed by atoms with Crippen molar-refractivity contribution in [3.05, 3.63) is 33.8 Å². The van der Waals surface area contributed by atoms with Crippen LogP contribution in [0.4, 0.5) is 0 Å². The van der Waals surface area contributed by atoms with Gasteiger partial charge in [0.2, 0.25) is 0 Å². The molecule has 0 aliphatic heterocycles. The SMILES string of the molecule is NC(=NO)c1ccc(CO)cc1Br. The average Bonchev–Trinajstić information content (AvgIpc) is 2.16. The third kappa shape index (κ3) is 2.19. The van der Waals surface area contributed by atoms with Gasteiger partial charge >= 0.3 is 0 Å². The van der Waals surface area contributed by atoms with Gasteiger partial charge in [-0.15, -0.1) is 0 Å². The van der Waals surface area contributed by atoms with Crippen molar-refractivity contribution in [3.8, 4) is 0 Å². The third-order valence-electron chi connectivity index (χ3n) is 1.60. The molecule has 70 valence electrons. The fraction of sp³-hybridized carbons (Fsp3) is 0.125. The second-order valence-electron chi connectivity index (χ2n) is 2.46. The van der Waals surface area contributed by atoms with Gasteiger partial charge in [0, 0.05) is 10.0 Å². The van der Waals surface area contributed by atoms with Crippen molar-refractivity contribution in [2.24, 2.45) is 10.9 Å². The maximum absolute atomic E-state index is 8.82. The average molecular weight is 245 g/mol. The number of rotatable bonds is 2. The molecule has 0 atom stereocenters. The summed E-state index contributed by atoms with van der Waals surface area (Å²) in [6, 6.07) is 5.09. The second-order valence-corrected chi connectivity index (χ2v) is 3.31. The van der Waals surface area contributed by atoms with Crippen LogP contribution in [0.15, 0.2) is 27.8 Å². The zero-order valence-electron chi connectivity index (χ0n) is 6.74. The van der Waals surface area contributed by atoms with Crippen LogP contribution >= 0.6 is 15.9 Å². The largest absolute Gasteiger partial charge is 0.409 e. The van der Waals surface area contributed by atoms with Gasteiger partial charge in [-0.2, -0.15) is 0 Å². The van der Waals surface area contributed by atoms with Gasteiger partial charge in [-0.05, 0) is 17.7 Å². The number of aliphatic hydroxyl groups is 1. The molecule has 5 heteroatoms.